The van der Waals surface area contributed by atoms with Crippen LogP contribution in [0.2, 0.25) is 0 Å². The van der Waals surface area contributed by atoms with Gasteiger partial charge in [-0.15, -0.1) is 0 Å². The standard InChI is InChI=1S/C24H19F4N3O4S/c1-13-10-16-19(11-17(13)24(26,27)28)31(12-14-6-3-4-8-18(14)25)21(23(33)30-36(2,34)35)20(16)15-7-5-9-29-22(15)32/h3-11H,12H2,1-2H3,(H,29,32)(H,30,33). The van der Waals surface area contributed by atoms with Crippen molar-refractivity contribution in [3.8, 4) is 11.1 Å². The zero-order valence-corrected chi connectivity index (χ0v) is 19.7. The van der Waals surface area contributed by atoms with Gasteiger partial charge in [-0.25, -0.2) is 17.5 Å². The molecule has 0 spiro atoms. The average molecular weight is 521 g/mol. The van der Waals surface area contributed by atoms with Crippen molar-refractivity contribution in [2.75, 3.05) is 6.26 Å². The number of hydrogen-bond donors (Lipinski definition) is 2. The van der Waals surface area contributed by atoms with Crippen LogP contribution in [-0.4, -0.2) is 30.1 Å². The Hall–Kier alpha value is -3.93. The summed E-state index contributed by atoms with van der Waals surface area (Å²) in [6.07, 6.45) is -2.69. The topological polar surface area (TPSA) is 101 Å². The van der Waals surface area contributed by atoms with E-state index in [4.69, 9.17) is 0 Å². The van der Waals surface area contributed by atoms with Crippen LogP contribution in [0, 0.1) is 12.7 Å². The molecular weight excluding hydrogens is 502 g/mol. The highest BCUT2D eigenvalue weighted by atomic mass is 32.2. The normalized spacial score (nSPS) is 12.2. The molecule has 0 radical (unpaired) electrons. The lowest BCUT2D eigenvalue weighted by atomic mass is 9.99. The number of aromatic nitrogens is 2. The van der Waals surface area contributed by atoms with Gasteiger partial charge in [0.05, 0.1) is 23.9 Å². The van der Waals surface area contributed by atoms with E-state index in [-0.39, 0.29) is 33.2 Å². The fraction of sp³-hybridized carbons (Fsp3) is 0.167. The molecule has 188 valence electrons. The number of nitrogens with one attached hydrogen (secondary N) is 2. The number of aromatic amines is 1. The summed E-state index contributed by atoms with van der Waals surface area (Å²) >= 11 is 0. The van der Waals surface area contributed by atoms with Crippen molar-refractivity contribution in [2.45, 2.75) is 19.6 Å². The van der Waals surface area contributed by atoms with Crippen molar-refractivity contribution in [3.05, 3.63) is 93.3 Å². The molecule has 2 aromatic carbocycles. The van der Waals surface area contributed by atoms with Gasteiger partial charge in [-0.1, -0.05) is 18.2 Å². The number of alkyl halides is 3. The smallest absolute Gasteiger partial charge is 0.331 e. The summed E-state index contributed by atoms with van der Waals surface area (Å²) in [5.41, 5.74) is -2.50. The summed E-state index contributed by atoms with van der Waals surface area (Å²) in [7, 11) is -4.11. The second-order valence-electron chi connectivity index (χ2n) is 8.20. The monoisotopic (exact) mass is 521 g/mol. The first-order chi connectivity index (χ1) is 16.8. The summed E-state index contributed by atoms with van der Waals surface area (Å²) in [6.45, 7) is 0.812. The number of fused-ring (bicyclic) bond motifs is 1. The van der Waals surface area contributed by atoms with Crippen molar-refractivity contribution in [3.63, 3.8) is 0 Å². The number of carbonyl (C=O) groups is 1. The van der Waals surface area contributed by atoms with Crippen molar-refractivity contribution >= 4 is 26.8 Å². The lowest BCUT2D eigenvalue weighted by Gasteiger charge is -2.14. The van der Waals surface area contributed by atoms with Gasteiger partial charge in [-0.3, -0.25) is 9.59 Å². The van der Waals surface area contributed by atoms with Gasteiger partial charge in [0.2, 0.25) is 10.0 Å². The van der Waals surface area contributed by atoms with Crippen molar-refractivity contribution in [1.29, 1.82) is 0 Å². The van der Waals surface area contributed by atoms with Gasteiger partial charge in [0.25, 0.3) is 11.5 Å². The molecule has 0 aliphatic heterocycles. The molecule has 0 unspecified atom stereocenters. The van der Waals surface area contributed by atoms with E-state index in [1.165, 1.54) is 49.5 Å². The number of amides is 1. The quantitative estimate of drug-likeness (QED) is 0.385. The Balaban J connectivity index is 2.18. The molecule has 7 nitrogen and oxygen atoms in total. The minimum absolute atomic E-state index is 0.0328. The number of carbonyl (C=O) groups excluding carboxylic acids is 1. The van der Waals surface area contributed by atoms with E-state index in [9.17, 15) is 35.6 Å². The minimum atomic E-state index is -4.75. The number of benzene rings is 2. The number of hydrogen-bond acceptors (Lipinski definition) is 4. The van der Waals surface area contributed by atoms with Gasteiger partial charge in [-0.05, 0) is 42.8 Å². The number of halogens is 4. The molecule has 2 N–H and O–H groups in total. The number of pyridine rings is 1. The summed E-state index contributed by atoms with van der Waals surface area (Å²) in [4.78, 5) is 28.4. The second kappa shape index (κ2) is 8.94. The first-order valence-electron chi connectivity index (χ1n) is 10.5. The largest absolute Gasteiger partial charge is 0.416 e. The number of H-pyrrole nitrogens is 1. The predicted molar refractivity (Wildman–Crippen MR) is 126 cm³/mol. The highest BCUT2D eigenvalue weighted by Crippen LogP contribution is 2.40. The van der Waals surface area contributed by atoms with Crippen molar-refractivity contribution in [1.82, 2.24) is 14.3 Å². The molecule has 36 heavy (non-hydrogen) atoms. The maximum absolute atomic E-state index is 14.6. The van der Waals surface area contributed by atoms with E-state index >= 15 is 0 Å². The Morgan fingerprint density at radius 1 is 1.11 bits per heavy atom. The van der Waals surface area contributed by atoms with Crippen LogP contribution in [0.15, 0.2) is 59.5 Å². The number of aryl methyl sites for hydroxylation is 1. The third-order valence-corrected chi connectivity index (χ3v) is 6.14. The summed E-state index contributed by atoms with van der Waals surface area (Å²) in [6, 6.07) is 10.2. The highest BCUT2D eigenvalue weighted by molar-refractivity contribution is 7.89. The van der Waals surface area contributed by atoms with Gasteiger partial charge in [-0.2, -0.15) is 13.2 Å². The second-order valence-corrected chi connectivity index (χ2v) is 9.95. The average Bonchev–Trinajstić information content (AvgIpc) is 3.06. The van der Waals surface area contributed by atoms with Gasteiger partial charge in [0.1, 0.15) is 11.5 Å². The Morgan fingerprint density at radius 2 is 1.81 bits per heavy atom. The van der Waals surface area contributed by atoms with E-state index in [0.29, 0.717) is 0 Å². The molecule has 0 saturated heterocycles. The Labute approximate surface area is 202 Å². The van der Waals surface area contributed by atoms with Crippen LogP contribution >= 0.6 is 0 Å². The Morgan fingerprint density at radius 3 is 2.42 bits per heavy atom. The SMILES string of the molecule is Cc1cc2c(-c3ccc[nH]c3=O)c(C(=O)NS(C)(=O)=O)n(Cc3ccccc3F)c2cc1C(F)(F)F. The predicted octanol–water partition coefficient (Wildman–Crippen LogP) is 4.20. The molecule has 1 amide bonds. The first kappa shape index (κ1) is 25.2. The molecule has 12 heteroatoms. The Bertz CT molecular complexity index is 1670. The summed E-state index contributed by atoms with van der Waals surface area (Å²) in [5, 5.41) is 0.0900. The first-order valence-corrected chi connectivity index (χ1v) is 12.3. The fourth-order valence-electron chi connectivity index (χ4n) is 4.11. The number of rotatable bonds is 5. The molecule has 0 saturated carbocycles. The third kappa shape index (κ3) is 4.76. The highest BCUT2D eigenvalue weighted by Gasteiger charge is 2.35. The van der Waals surface area contributed by atoms with Crippen LogP contribution < -0.4 is 10.3 Å². The van der Waals surface area contributed by atoms with Crippen molar-refractivity contribution in [2.24, 2.45) is 0 Å². The van der Waals surface area contributed by atoms with Gasteiger partial charge < -0.3 is 9.55 Å². The van der Waals surface area contributed by atoms with Crippen molar-refractivity contribution < 1.29 is 30.8 Å². The molecule has 0 atom stereocenters. The third-order valence-electron chi connectivity index (χ3n) is 5.58. The molecule has 0 bridgehead atoms. The van der Waals surface area contributed by atoms with Crippen LogP contribution in [-0.2, 0) is 22.7 Å². The van der Waals surface area contributed by atoms with E-state index < -0.39 is 51.3 Å². The van der Waals surface area contributed by atoms with Gasteiger partial charge in [0, 0.05) is 28.3 Å². The van der Waals surface area contributed by atoms with Crippen LogP contribution in [0.5, 0.6) is 0 Å². The minimum Gasteiger partial charge on any atom is -0.331 e. The maximum Gasteiger partial charge on any atom is 0.416 e. The molecule has 0 aliphatic carbocycles. The molecular formula is C24H19F4N3O4S. The van der Waals surface area contributed by atoms with Gasteiger partial charge in [0.15, 0.2) is 0 Å². The molecule has 2 heterocycles. The summed E-state index contributed by atoms with van der Waals surface area (Å²) < 4.78 is 82.6. The van der Waals surface area contributed by atoms with Crippen LogP contribution in [0.25, 0.3) is 22.0 Å². The molecule has 0 fully saturated rings. The molecule has 4 rings (SSSR count). The lowest BCUT2D eigenvalue weighted by molar-refractivity contribution is -0.137. The van der Waals surface area contributed by atoms with E-state index in [2.05, 4.69) is 4.98 Å². The molecule has 4 aromatic rings. The van der Waals surface area contributed by atoms with Crippen LogP contribution in [0.1, 0.15) is 27.2 Å². The number of nitrogens with zero attached hydrogens (tertiary/aromatic N) is 1. The maximum atomic E-state index is 14.6. The molecule has 0 aliphatic rings. The zero-order valence-electron chi connectivity index (χ0n) is 18.9. The van der Waals surface area contributed by atoms with E-state index in [0.717, 1.165) is 23.0 Å². The van der Waals surface area contributed by atoms with Gasteiger partial charge >= 0.3 is 6.18 Å². The zero-order chi connectivity index (χ0) is 26.4. The van der Waals surface area contributed by atoms with Crippen LogP contribution in [0.4, 0.5) is 17.6 Å². The Kier molecular flexibility index (Phi) is 6.25. The van der Waals surface area contributed by atoms with Crippen LogP contribution in [0.3, 0.4) is 0 Å². The lowest BCUT2D eigenvalue weighted by Crippen LogP contribution is -2.32. The fourth-order valence-corrected chi connectivity index (χ4v) is 4.55. The summed E-state index contributed by atoms with van der Waals surface area (Å²) in [5.74, 6) is -1.87. The number of sulfonamides is 1. The van der Waals surface area contributed by atoms with E-state index in [1.54, 1.807) is 0 Å². The van der Waals surface area contributed by atoms with E-state index in [1.807, 2.05) is 4.72 Å². The molecule has 2 aromatic heterocycles.